The minimum absolute atomic E-state index is 0. The van der Waals surface area contributed by atoms with Gasteiger partial charge in [-0.25, -0.2) is 0 Å². The molecule has 1 rings (SSSR count). The van der Waals surface area contributed by atoms with Gasteiger partial charge < -0.3 is 20.4 Å². The molecule has 1 fully saturated rings. The monoisotopic (exact) mass is 397 g/mol. The molecule has 1 heterocycles. The van der Waals surface area contributed by atoms with Gasteiger partial charge in [-0.05, 0) is 19.4 Å². The van der Waals surface area contributed by atoms with E-state index in [1.165, 1.54) is 32.7 Å². The zero-order valence-electron chi connectivity index (χ0n) is 13.5. The summed E-state index contributed by atoms with van der Waals surface area (Å²) < 4.78 is 0. The summed E-state index contributed by atoms with van der Waals surface area (Å²) in [5.41, 5.74) is 0. The summed E-state index contributed by atoms with van der Waals surface area (Å²) in [7, 11) is 4.03. The lowest BCUT2D eigenvalue weighted by molar-refractivity contribution is 0.139. The lowest BCUT2D eigenvalue weighted by Gasteiger charge is -2.34. The number of hydrogen-bond acceptors (Lipinski definition) is 3. The number of hydrogen-bond donors (Lipinski definition) is 2. The van der Waals surface area contributed by atoms with Crippen molar-refractivity contribution >= 4 is 29.9 Å². The second kappa shape index (κ2) is 11.6. The molecule has 0 saturated carbocycles. The highest BCUT2D eigenvalue weighted by atomic mass is 127. The molecule has 1 aliphatic rings. The van der Waals surface area contributed by atoms with Crippen LogP contribution in [0.2, 0.25) is 0 Å². The smallest absolute Gasteiger partial charge is 0.190 e. The lowest BCUT2D eigenvalue weighted by atomic mass is 10.1. The van der Waals surface area contributed by atoms with Crippen LogP contribution >= 0.6 is 24.0 Å². The first kappa shape index (κ1) is 19.9. The summed E-state index contributed by atoms with van der Waals surface area (Å²) in [6.45, 7) is 12.4. The number of guanidine groups is 1. The van der Waals surface area contributed by atoms with Gasteiger partial charge in [0.25, 0.3) is 0 Å². The fourth-order valence-corrected chi connectivity index (χ4v) is 2.27. The van der Waals surface area contributed by atoms with Crippen molar-refractivity contribution in [3.05, 3.63) is 0 Å². The predicted octanol–water partition coefficient (Wildman–Crippen LogP) is 1.06. The molecule has 0 spiro atoms. The first-order valence-electron chi connectivity index (χ1n) is 7.51. The van der Waals surface area contributed by atoms with Crippen molar-refractivity contribution in [3.63, 3.8) is 0 Å². The number of nitrogens with zero attached hydrogens (tertiary/aromatic N) is 3. The summed E-state index contributed by atoms with van der Waals surface area (Å²) in [4.78, 5) is 9.19. The molecule has 1 unspecified atom stereocenters. The van der Waals surface area contributed by atoms with Gasteiger partial charge in [0.2, 0.25) is 0 Å². The molecule has 6 heteroatoms. The van der Waals surface area contributed by atoms with E-state index in [0.717, 1.165) is 25.5 Å². The molecule has 2 N–H and O–H groups in total. The summed E-state index contributed by atoms with van der Waals surface area (Å²) >= 11 is 0. The maximum Gasteiger partial charge on any atom is 0.190 e. The van der Waals surface area contributed by atoms with Crippen molar-refractivity contribution in [2.75, 3.05) is 59.9 Å². The Morgan fingerprint density at radius 3 is 2.40 bits per heavy atom. The van der Waals surface area contributed by atoms with E-state index in [-0.39, 0.29) is 24.0 Å². The van der Waals surface area contributed by atoms with Crippen molar-refractivity contribution in [3.8, 4) is 0 Å². The highest BCUT2D eigenvalue weighted by Crippen LogP contribution is 2.03. The molecule has 0 radical (unpaired) electrons. The van der Waals surface area contributed by atoms with Crippen LogP contribution in [0.1, 0.15) is 20.3 Å². The molecular weight excluding hydrogens is 365 g/mol. The molecule has 120 valence electrons. The van der Waals surface area contributed by atoms with Gasteiger partial charge in [-0.3, -0.25) is 4.99 Å². The highest BCUT2D eigenvalue weighted by Gasteiger charge is 2.16. The Morgan fingerprint density at radius 1 is 1.20 bits per heavy atom. The van der Waals surface area contributed by atoms with Crippen LogP contribution in [0, 0.1) is 5.92 Å². The van der Waals surface area contributed by atoms with Crippen molar-refractivity contribution in [2.45, 2.75) is 20.3 Å². The molecule has 0 aromatic heterocycles. The van der Waals surface area contributed by atoms with Crippen LogP contribution < -0.4 is 10.6 Å². The van der Waals surface area contributed by atoms with E-state index >= 15 is 0 Å². The maximum atomic E-state index is 4.23. The van der Waals surface area contributed by atoms with Crippen molar-refractivity contribution in [2.24, 2.45) is 10.9 Å². The average molecular weight is 397 g/mol. The molecule has 1 aliphatic heterocycles. The first-order valence-corrected chi connectivity index (χ1v) is 7.51. The quantitative estimate of drug-likeness (QED) is 0.400. The Kier molecular flexibility index (Phi) is 11.5. The number of halogens is 1. The molecular formula is C14H32IN5. The van der Waals surface area contributed by atoms with Crippen LogP contribution in [-0.2, 0) is 0 Å². The van der Waals surface area contributed by atoms with E-state index < -0.39 is 0 Å². The van der Waals surface area contributed by atoms with Crippen molar-refractivity contribution in [1.82, 2.24) is 20.4 Å². The Hall–Kier alpha value is -0.0800. The summed E-state index contributed by atoms with van der Waals surface area (Å²) in [6, 6.07) is 0. The molecule has 0 amide bonds. The fraction of sp³-hybridized carbons (Fsp3) is 0.929. The van der Waals surface area contributed by atoms with Gasteiger partial charge in [-0.2, -0.15) is 0 Å². The van der Waals surface area contributed by atoms with Crippen molar-refractivity contribution < 1.29 is 0 Å². The van der Waals surface area contributed by atoms with Gasteiger partial charge in [0.15, 0.2) is 5.96 Å². The zero-order chi connectivity index (χ0) is 14.1. The first-order chi connectivity index (χ1) is 9.15. The lowest BCUT2D eigenvalue weighted by Crippen LogP contribution is -2.47. The number of piperazine rings is 1. The highest BCUT2D eigenvalue weighted by molar-refractivity contribution is 14.0. The van der Waals surface area contributed by atoms with E-state index in [4.69, 9.17) is 0 Å². The number of nitrogens with one attached hydrogen (secondary N) is 2. The second-order valence-corrected chi connectivity index (χ2v) is 5.59. The fourth-order valence-electron chi connectivity index (χ4n) is 2.27. The molecule has 0 bridgehead atoms. The van der Waals surface area contributed by atoms with Crippen LogP contribution in [0.5, 0.6) is 0 Å². The molecule has 1 saturated heterocycles. The zero-order valence-corrected chi connectivity index (χ0v) is 15.8. The van der Waals surface area contributed by atoms with Crippen LogP contribution in [-0.4, -0.2) is 75.7 Å². The SMILES string of the molecule is CCCNC(=NC)NCC(C)CN1CCN(C)CC1.I. The van der Waals surface area contributed by atoms with Crippen LogP contribution in [0.25, 0.3) is 0 Å². The Bertz CT molecular complexity index is 264. The van der Waals surface area contributed by atoms with E-state index in [2.05, 4.69) is 46.3 Å². The summed E-state index contributed by atoms with van der Waals surface area (Å²) in [6.07, 6.45) is 1.12. The largest absolute Gasteiger partial charge is 0.356 e. The maximum absolute atomic E-state index is 4.23. The van der Waals surface area contributed by atoms with Gasteiger partial charge in [-0.1, -0.05) is 13.8 Å². The Labute approximate surface area is 141 Å². The standard InChI is InChI=1S/C14H31N5.HI/c1-5-6-16-14(15-3)17-11-13(2)12-19-9-7-18(4)8-10-19;/h13H,5-12H2,1-4H3,(H2,15,16,17);1H. The Morgan fingerprint density at radius 2 is 1.85 bits per heavy atom. The minimum Gasteiger partial charge on any atom is -0.356 e. The minimum atomic E-state index is 0. The van der Waals surface area contributed by atoms with Gasteiger partial charge in [0.05, 0.1) is 0 Å². The normalized spacial score (nSPS) is 19.3. The Balaban J connectivity index is 0.00000361. The van der Waals surface area contributed by atoms with E-state index in [1.807, 2.05) is 7.05 Å². The van der Waals surface area contributed by atoms with Crippen LogP contribution in [0.3, 0.4) is 0 Å². The molecule has 0 aromatic carbocycles. The molecule has 20 heavy (non-hydrogen) atoms. The summed E-state index contributed by atoms with van der Waals surface area (Å²) in [5.74, 6) is 1.57. The molecule has 5 nitrogen and oxygen atoms in total. The third-order valence-corrected chi connectivity index (χ3v) is 3.55. The number of rotatable bonds is 6. The van der Waals surface area contributed by atoms with Gasteiger partial charge in [0.1, 0.15) is 0 Å². The number of likely N-dealkylation sites (N-methyl/N-ethyl adjacent to an activating group) is 1. The van der Waals surface area contributed by atoms with Crippen molar-refractivity contribution in [1.29, 1.82) is 0 Å². The third kappa shape index (κ3) is 8.26. The van der Waals surface area contributed by atoms with E-state index in [1.54, 1.807) is 0 Å². The van der Waals surface area contributed by atoms with E-state index in [9.17, 15) is 0 Å². The van der Waals surface area contributed by atoms with Gasteiger partial charge >= 0.3 is 0 Å². The van der Waals surface area contributed by atoms with Crippen LogP contribution in [0.15, 0.2) is 4.99 Å². The predicted molar refractivity (Wildman–Crippen MR) is 98.2 cm³/mol. The van der Waals surface area contributed by atoms with Gasteiger partial charge in [0, 0.05) is 52.9 Å². The topological polar surface area (TPSA) is 42.9 Å². The van der Waals surface area contributed by atoms with E-state index in [0.29, 0.717) is 5.92 Å². The van der Waals surface area contributed by atoms with Crippen LogP contribution in [0.4, 0.5) is 0 Å². The number of aliphatic imine (C=N–C) groups is 1. The molecule has 1 atom stereocenters. The summed E-state index contributed by atoms with van der Waals surface area (Å²) in [5, 5.41) is 6.71. The molecule has 0 aliphatic carbocycles. The second-order valence-electron chi connectivity index (χ2n) is 5.59. The third-order valence-electron chi connectivity index (χ3n) is 3.55. The average Bonchev–Trinajstić information content (AvgIpc) is 2.42. The molecule has 0 aromatic rings. The van der Waals surface area contributed by atoms with Gasteiger partial charge in [-0.15, -0.1) is 24.0 Å².